The lowest BCUT2D eigenvalue weighted by Crippen LogP contribution is -2.34. The second-order valence-electron chi connectivity index (χ2n) is 4.34. The van der Waals surface area contributed by atoms with E-state index >= 15 is 0 Å². The van der Waals surface area contributed by atoms with E-state index in [1.54, 1.807) is 6.20 Å². The minimum absolute atomic E-state index is 0.00299. The molecule has 0 aliphatic heterocycles. The summed E-state index contributed by atoms with van der Waals surface area (Å²) in [5.74, 6) is 0.485. The summed E-state index contributed by atoms with van der Waals surface area (Å²) in [6, 6.07) is 0.149. The Balaban J connectivity index is 1.94. The quantitative estimate of drug-likeness (QED) is 0.871. The Morgan fingerprint density at radius 3 is 2.88 bits per heavy atom. The van der Waals surface area contributed by atoms with Crippen molar-refractivity contribution in [3.05, 3.63) is 17.0 Å². The van der Waals surface area contributed by atoms with Gasteiger partial charge in [-0.25, -0.2) is 9.97 Å². The third-order valence-electron chi connectivity index (χ3n) is 2.96. The maximum Gasteiger partial charge on any atom is 0.228 e. The van der Waals surface area contributed by atoms with E-state index in [0.29, 0.717) is 10.4 Å². The largest absolute Gasteiger partial charge is 0.328 e. The maximum absolute atomic E-state index is 12.0. The molecule has 1 aliphatic carbocycles. The minimum Gasteiger partial charge on any atom is -0.328 e. The molecule has 2 rings (SSSR count). The van der Waals surface area contributed by atoms with Gasteiger partial charge in [0.05, 0.1) is 12.4 Å². The molecule has 17 heavy (non-hydrogen) atoms. The van der Waals surface area contributed by atoms with Crippen LogP contribution in [0.25, 0.3) is 0 Å². The van der Waals surface area contributed by atoms with Crippen LogP contribution in [0.5, 0.6) is 0 Å². The standard InChI is InChI=1S/C11H15BrN4O/c12-9-5-15-10(6-14-9)16-11(17)7-2-1-3-8(13)4-7/h5-8H,1-4,13H2,(H,15,16,17). The third kappa shape index (κ3) is 3.47. The van der Waals surface area contributed by atoms with Crippen molar-refractivity contribution in [3.8, 4) is 0 Å². The molecule has 6 heteroatoms. The number of halogens is 1. The van der Waals surface area contributed by atoms with Gasteiger partial charge >= 0.3 is 0 Å². The summed E-state index contributed by atoms with van der Waals surface area (Å²) < 4.78 is 0.648. The van der Waals surface area contributed by atoms with Crippen molar-refractivity contribution in [2.75, 3.05) is 5.32 Å². The molecule has 1 fully saturated rings. The monoisotopic (exact) mass is 298 g/mol. The van der Waals surface area contributed by atoms with Crippen molar-refractivity contribution in [2.24, 2.45) is 11.7 Å². The molecule has 1 aliphatic rings. The van der Waals surface area contributed by atoms with Crippen molar-refractivity contribution < 1.29 is 4.79 Å². The fourth-order valence-corrected chi connectivity index (χ4v) is 2.28. The number of carbonyl (C=O) groups is 1. The molecule has 1 amide bonds. The van der Waals surface area contributed by atoms with Gasteiger partial charge in [-0.05, 0) is 35.2 Å². The van der Waals surface area contributed by atoms with Gasteiger partial charge in [0.25, 0.3) is 0 Å². The first-order valence-corrected chi connectivity index (χ1v) is 6.48. The Bertz CT molecular complexity index is 395. The lowest BCUT2D eigenvalue weighted by molar-refractivity contribution is -0.120. The van der Waals surface area contributed by atoms with Crippen LogP contribution in [0.15, 0.2) is 17.0 Å². The fraction of sp³-hybridized carbons (Fsp3) is 0.545. The molecule has 92 valence electrons. The van der Waals surface area contributed by atoms with Crippen LogP contribution in [-0.2, 0) is 4.79 Å². The minimum atomic E-state index is -0.00299. The van der Waals surface area contributed by atoms with Crippen LogP contribution in [0.1, 0.15) is 25.7 Å². The molecule has 0 spiro atoms. The molecule has 0 bridgehead atoms. The molecule has 0 radical (unpaired) electrons. The molecule has 1 saturated carbocycles. The van der Waals surface area contributed by atoms with Gasteiger partial charge in [-0.3, -0.25) is 4.79 Å². The molecule has 0 aromatic carbocycles. The Morgan fingerprint density at radius 2 is 2.24 bits per heavy atom. The summed E-state index contributed by atoms with van der Waals surface area (Å²) in [7, 11) is 0. The highest BCUT2D eigenvalue weighted by atomic mass is 79.9. The molecule has 5 nitrogen and oxygen atoms in total. The summed E-state index contributed by atoms with van der Waals surface area (Å²) in [6.07, 6.45) is 6.79. The first kappa shape index (κ1) is 12.4. The van der Waals surface area contributed by atoms with Crippen LogP contribution >= 0.6 is 15.9 Å². The molecule has 3 N–H and O–H groups in total. The van der Waals surface area contributed by atoms with E-state index in [1.165, 1.54) is 6.20 Å². The van der Waals surface area contributed by atoms with Crippen molar-refractivity contribution in [1.29, 1.82) is 0 Å². The predicted octanol–water partition coefficient (Wildman–Crippen LogP) is 1.70. The summed E-state index contributed by atoms with van der Waals surface area (Å²) in [5.41, 5.74) is 5.86. The number of anilines is 1. The molecular weight excluding hydrogens is 284 g/mol. The van der Waals surface area contributed by atoms with Gasteiger partial charge in [0.1, 0.15) is 4.60 Å². The zero-order valence-corrected chi connectivity index (χ0v) is 11.0. The molecular formula is C11H15BrN4O. The van der Waals surface area contributed by atoms with E-state index < -0.39 is 0 Å². The van der Waals surface area contributed by atoms with Crippen LogP contribution in [0.2, 0.25) is 0 Å². The average Bonchev–Trinajstić information content (AvgIpc) is 2.32. The first-order chi connectivity index (χ1) is 8.15. The number of hydrogen-bond donors (Lipinski definition) is 2. The zero-order valence-electron chi connectivity index (χ0n) is 9.40. The second kappa shape index (κ2) is 5.55. The van der Waals surface area contributed by atoms with Gasteiger partial charge in [-0.1, -0.05) is 6.42 Å². The van der Waals surface area contributed by atoms with Gasteiger partial charge in [-0.15, -0.1) is 0 Å². The summed E-state index contributed by atoms with van der Waals surface area (Å²) in [4.78, 5) is 20.0. The molecule has 0 saturated heterocycles. The van der Waals surface area contributed by atoms with Gasteiger partial charge in [0, 0.05) is 12.0 Å². The van der Waals surface area contributed by atoms with Crippen molar-refractivity contribution in [3.63, 3.8) is 0 Å². The zero-order chi connectivity index (χ0) is 12.3. The fourth-order valence-electron chi connectivity index (χ4n) is 2.07. The Hall–Kier alpha value is -1.01. The molecule has 2 atom stereocenters. The van der Waals surface area contributed by atoms with E-state index in [0.717, 1.165) is 25.7 Å². The Labute approximate surface area is 108 Å². The summed E-state index contributed by atoms with van der Waals surface area (Å²) >= 11 is 3.19. The highest BCUT2D eigenvalue weighted by Gasteiger charge is 2.25. The van der Waals surface area contributed by atoms with Crippen molar-refractivity contribution in [2.45, 2.75) is 31.7 Å². The summed E-state index contributed by atoms with van der Waals surface area (Å²) in [6.45, 7) is 0. The molecule has 1 aromatic heterocycles. The van der Waals surface area contributed by atoms with E-state index in [9.17, 15) is 4.79 Å². The predicted molar refractivity (Wildman–Crippen MR) is 68.3 cm³/mol. The lowest BCUT2D eigenvalue weighted by Gasteiger charge is -2.25. The van der Waals surface area contributed by atoms with Crippen LogP contribution in [0.4, 0.5) is 5.82 Å². The number of nitrogens with two attached hydrogens (primary N) is 1. The number of rotatable bonds is 2. The maximum atomic E-state index is 12.0. The van der Waals surface area contributed by atoms with E-state index in [-0.39, 0.29) is 17.9 Å². The normalized spacial score (nSPS) is 24.4. The highest BCUT2D eigenvalue weighted by molar-refractivity contribution is 9.10. The Morgan fingerprint density at radius 1 is 1.41 bits per heavy atom. The third-order valence-corrected chi connectivity index (χ3v) is 3.37. The van der Waals surface area contributed by atoms with Crippen LogP contribution < -0.4 is 11.1 Å². The van der Waals surface area contributed by atoms with Gasteiger partial charge in [0.15, 0.2) is 5.82 Å². The molecule has 2 unspecified atom stereocenters. The van der Waals surface area contributed by atoms with Crippen LogP contribution in [0, 0.1) is 5.92 Å². The van der Waals surface area contributed by atoms with Crippen molar-refractivity contribution in [1.82, 2.24) is 9.97 Å². The second-order valence-corrected chi connectivity index (χ2v) is 5.15. The number of nitrogens with zero attached hydrogens (tertiary/aromatic N) is 2. The molecule has 1 heterocycles. The van der Waals surface area contributed by atoms with Gasteiger partial charge in [0.2, 0.25) is 5.91 Å². The Kier molecular flexibility index (Phi) is 4.06. The molecule has 1 aromatic rings. The first-order valence-electron chi connectivity index (χ1n) is 5.69. The number of hydrogen-bond acceptors (Lipinski definition) is 4. The smallest absolute Gasteiger partial charge is 0.228 e. The lowest BCUT2D eigenvalue weighted by atomic mass is 9.85. The van der Waals surface area contributed by atoms with Crippen LogP contribution in [-0.4, -0.2) is 21.9 Å². The number of carbonyl (C=O) groups excluding carboxylic acids is 1. The van der Waals surface area contributed by atoms with Crippen molar-refractivity contribution >= 4 is 27.7 Å². The van der Waals surface area contributed by atoms with E-state index in [4.69, 9.17) is 5.73 Å². The van der Waals surface area contributed by atoms with Gasteiger partial charge < -0.3 is 11.1 Å². The van der Waals surface area contributed by atoms with Crippen LogP contribution in [0.3, 0.4) is 0 Å². The topological polar surface area (TPSA) is 80.9 Å². The number of aromatic nitrogens is 2. The highest BCUT2D eigenvalue weighted by Crippen LogP contribution is 2.24. The SMILES string of the molecule is NC1CCCC(C(=O)Nc2cnc(Br)cn2)C1. The number of nitrogens with one attached hydrogen (secondary N) is 1. The van der Waals surface area contributed by atoms with Gasteiger partial charge in [-0.2, -0.15) is 0 Å². The van der Waals surface area contributed by atoms with E-state index in [2.05, 4.69) is 31.2 Å². The number of amides is 1. The average molecular weight is 299 g/mol. The summed E-state index contributed by atoms with van der Waals surface area (Å²) in [5, 5.41) is 2.77. The van der Waals surface area contributed by atoms with E-state index in [1.807, 2.05) is 0 Å².